The fraction of sp³-hybridized carbons (Fsp3) is 0.556. The summed E-state index contributed by atoms with van der Waals surface area (Å²) in [5.74, 6) is 0.587. The van der Waals surface area contributed by atoms with Crippen molar-refractivity contribution in [1.82, 2.24) is 4.98 Å². The summed E-state index contributed by atoms with van der Waals surface area (Å²) in [7, 11) is 0. The van der Waals surface area contributed by atoms with Gasteiger partial charge in [-0.2, -0.15) is 0 Å². The van der Waals surface area contributed by atoms with Gasteiger partial charge in [-0.05, 0) is 32.0 Å². The van der Waals surface area contributed by atoms with Crippen LogP contribution in [0.5, 0.6) is 5.75 Å². The van der Waals surface area contributed by atoms with Gasteiger partial charge in [-0.1, -0.05) is 25.2 Å². The molecule has 2 unspecified atom stereocenters. The average Bonchev–Trinajstić information content (AvgIpc) is 2.96. The first-order chi connectivity index (χ1) is 11.8. The fourth-order valence-electron chi connectivity index (χ4n) is 3.24. The van der Waals surface area contributed by atoms with Gasteiger partial charge in [0.25, 0.3) is 0 Å². The van der Waals surface area contributed by atoms with Crippen molar-refractivity contribution in [1.29, 1.82) is 0 Å². The molecule has 6 nitrogen and oxygen atoms in total. The van der Waals surface area contributed by atoms with Gasteiger partial charge in [0.05, 0.1) is 22.9 Å². The summed E-state index contributed by atoms with van der Waals surface area (Å²) < 4.78 is 12.2. The van der Waals surface area contributed by atoms with Crippen LogP contribution in [0.4, 0.5) is 5.13 Å². The molecule has 1 saturated carbocycles. The third-order valence-electron chi connectivity index (χ3n) is 5.13. The summed E-state index contributed by atoms with van der Waals surface area (Å²) >= 11 is 1.42. The van der Waals surface area contributed by atoms with E-state index in [0.29, 0.717) is 24.8 Å². The second kappa shape index (κ2) is 7.68. The summed E-state index contributed by atoms with van der Waals surface area (Å²) in [6, 6.07) is 5.70. The SMILES string of the molecule is CCOc1ccc2nc(NC(=O)C3(N)CC(OCC)C3(C)C)sc2c1.Cl. The quantitative estimate of drug-likeness (QED) is 0.775. The molecule has 0 radical (unpaired) electrons. The molecule has 0 saturated heterocycles. The number of amides is 1. The fourth-order valence-corrected chi connectivity index (χ4v) is 4.13. The number of hydrogen-bond acceptors (Lipinski definition) is 6. The van der Waals surface area contributed by atoms with Crippen LogP contribution in [-0.4, -0.2) is 35.7 Å². The highest BCUT2D eigenvalue weighted by molar-refractivity contribution is 7.22. The number of benzene rings is 1. The predicted octanol–water partition coefficient (Wildman–Crippen LogP) is 3.59. The van der Waals surface area contributed by atoms with Gasteiger partial charge in [-0.3, -0.25) is 4.79 Å². The van der Waals surface area contributed by atoms with E-state index in [1.165, 1.54) is 11.3 Å². The van der Waals surface area contributed by atoms with E-state index in [-0.39, 0.29) is 24.4 Å². The molecule has 8 heteroatoms. The van der Waals surface area contributed by atoms with Crippen molar-refractivity contribution in [2.45, 2.75) is 45.8 Å². The molecule has 3 N–H and O–H groups in total. The van der Waals surface area contributed by atoms with Crippen LogP contribution in [0.15, 0.2) is 18.2 Å². The lowest BCUT2D eigenvalue weighted by Gasteiger charge is -2.57. The zero-order chi connectivity index (χ0) is 18.2. The van der Waals surface area contributed by atoms with Crippen molar-refractivity contribution < 1.29 is 14.3 Å². The first-order valence-corrected chi connectivity index (χ1v) is 9.38. The number of nitrogens with two attached hydrogens (primary N) is 1. The molecule has 1 aliphatic carbocycles. The maximum Gasteiger partial charge on any atom is 0.246 e. The number of carbonyl (C=O) groups is 1. The van der Waals surface area contributed by atoms with E-state index in [9.17, 15) is 4.79 Å². The first kappa shape index (κ1) is 20.9. The number of rotatable bonds is 6. The van der Waals surface area contributed by atoms with E-state index in [1.807, 2.05) is 45.9 Å². The van der Waals surface area contributed by atoms with Crippen LogP contribution in [-0.2, 0) is 9.53 Å². The van der Waals surface area contributed by atoms with Crippen LogP contribution in [0, 0.1) is 5.41 Å². The molecule has 1 aromatic heterocycles. The van der Waals surface area contributed by atoms with Gasteiger partial charge in [0.15, 0.2) is 5.13 Å². The maximum atomic E-state index is 12.8. The Hall–Kier alpha value is -1.41. The third-order valence-corrected chi connectivity index (χ3v) is 6.06. The molecule has 1 aliphatic rings. The lowest BCUT2D eigenvalue weighted by Crippen LogP contribution is -2.74. The summed E-state index contributed by atoms with van der Waals surface area (Å²) in [5, 5.41) is 3.44. The Morgan fingerprint density at radius 1 is 1.38 bits per heavy atom. The number of nitrogens with zero attached hydrogens (tertiary/aromatic N) is 1. The molecule has 1 heterocycles. The second-order valence-electron chi connectivity index (χ2n) is 6.88. The van der Waals surface area contributed by atoms with E-state index >= 15 is 0 Å². The number of anilines is 1. The Morgan fingerprint density at radius 3 is 2.73 bits per heavy atom. The van der Waals surface area contributed by atoms with Crippen molar-refractivity contribution in [3.63, 3.8) is 0 Å². The number of halogens is 1. The van der Waals surface area contributed by atoms with Crippen molar-refractivity contribution in [2.75, 3.05) is 18.5 Å². The van der Waals surface area contributed by atoms with E-state index in [0.717, 1.165) is 16.0 Å². The highest BCUT2D eigenvalue weighted by Gasteiger charge is 2.63. The molecule has 3 rings (SSSR count). The third kappa shape index (κ3) is 3.41. The van der Waals surface area contributed by atoms with Crippen LogP contribution in [0.1, 0.15) is 34.1 Å². The number of carbonyl (C=O) groups excluding carboxylic acids is 1. The van der Waals surface area contributed by atoms with Crippen molar-refractivity contribution in [3.8, 4) is 5.75 Å². The Bertz CT molecular complexity index is 795. The molecule has 1 amide bonds. The molecule has 26 heavy (non-hydrogen) atoms. The predicted molar refractivity (Wildman–Crippen MR) is 107 cm³/mol. The summed E-state index contributed by atoms with van der Waals surface area (Å²) in [5.41, 5.74) is 5.86. The minimum Gasteiger partial charge on any atom is -0.494 e. The maximum absolute atomic E-state index is 12.8. The normalized spacial score (nSPS) is 23.8. The molecule has 0 aliphatic heterocycles. The topological polar surface area (TPSA) is 86.5 Å². The average molecular weight is 400 g/mol. The first-order valence-electron chi connectivity index (χ1n) is 8.57. The highest BCUT2D eigenvalue weighted by atomic mass is 35.5. The van der Waals surface area contributed by atoms with E-state index in [4.69, 9.17) is 15.2 Å². The molecule has 1 aromatic carbocycles. The van der Waals surface area contributed by atoms with Gasteiger partial charge in [0, 0.05) is 18.4 Å². The molecule has 0 spiro atoms. The number of fused-ring (bicyclic) bond motifs is 1. The number of hydrogen-bond donors (Lipinski definition) is 2. The Morgan fingerprint density at radius 2 is 2.12 bits per heavy atom. The van der Waals surface area contributed by atoms with Crippen molar-refractivity contribution >= 4 is 45.0 Å². The number of thiazole rings is 1. The van der Waals surface area contributed by atoms with Gasteiger partial charge in [-0.15, -0.1) is 12.4 Å². The molecular weight excluding hydrogens is 374 g/mol. The van der Waals surface area contributed by atoms with E-state index in [1.54, 1.807) is 0 Å². The Kier molecular flexibility index (Phi) is 6.17. The molecule has 1 fully saturated rings. The Labute approximate surface area is 163 Å². The van der Waals surface area contributed by atoms with Crippen molar-refractivity contribution in [3.05, 3.63) is 18.2 Å². The van der Waals surface area contributed by atoms with Crippen LogP contribution < -0.4 is 15.8 Å². The van der Waals surface area contributed by atoms with Gasteiger partial charge in [0.1, 0.15) is 11.3 Å². The zero-order valence-electron chi connectivity index (χ0n) is 15.5. The minimum atomic E-state index is -0.957. The Balaban J connectivity index is 0.00000243. The lowest BCUT2D eigenvalue weighted by molar-refractivity contribution is -0.166. The summed E-state index contributed by atoms with van der Waals surface area (Å²) in [6.07, 6.45) is 0.511. The van der Waals surface area contributed by atoms with Crippen molar-refractivity contribution in [2.24, 2.45) is 11.1 Å². The monoisotopic (exact) mass is 399 g/mol. The van der Waals surface area contributed by atoms with Gasteiger partial charge < -0.3 is 20.5 Å². The number of nitrogens with one attached hydrogen (secondary N) is 1. The molecule has 2 aromatic rings. The van der Waals surface area contributed by atoms with Crippen LogP contribution in [0.3, 0.4) is 0 Å². The number of ether oxygens (including phenoxy) is 2. The van der Waals surface area contributed by atoms with Crippen LogP contribution in [0.2, 0.25) is 0 Å². The summed E-state index contributed by atoms with van der Waals surface area (Å²) in [6.45, 7) is 9.07. The standard InChI is InChI=1S/C18H25N3O3S.ClH/c1-5-23-11-7-8-12-13(9-11)25-16(20-12)21-15(22)18(19)10-14(24-6-2)17(18,3)4;/h7-9,14H,5-6,10,19H2,1-4H3,(H,20,21,22);1H. The van der Waals surface area contributed by atoms with Crippen LogP contribution >= 0.6 is 23.7 Å². The zero-order valence-corrected chi connectivity index (χ0v) is 17.1. The largest absolute Gasteiger partial charge is 0.494 e. The lowest BCUT2D eigenvalue weighted by atomic mass is 9.54. The smallest absolute Gasteiger partial charge is 0.246 e. The molecule has 0 bridgehead atoms. The second-order valence-corrected chi connectivity index (χ2v) is 7.91. The van der Waals surface area contributed by atoms with E-state index in [2.05, 4.69) is 10.3 Å². The minimum absolute atomic E-state index is 0. The molecule has 144 valence electrons. The van der Waals surface area contributed by atoms with Crippen LogP contribution in [0.25, 0.3) is 10.2 Å². The molecular formula is C18H26ClN3O3S. The molecule has 2 atom stereocenters. The highest BCUT2D eigenvalue weighted by Crippen LogP contribution is 2.50. The van der Waals surface area contributed by atoms with E-state index < -0.39 is 11.0 Å². The van der Waals surface area contributed by atoms with Gasteiger partial charge in [-0.25, -0.2) is 4.98 Å². The number of aromatic nitrogens is 1. The summed E-state index contributed by atoms with van der Waals surface area (Å²) in [4.78, 5) is 17.3. The van der Waals surface area contributed by atoms with Gasteiger partial charge in [0.2, 0.25) is 5.91 Å². The van der Waals surface area contributed by atoms with Gasteiger partial charge >= 0.3 is 0 Å².